The van der Waals surface area contributed by atoms with E-state index in [9.17, 15) is 19.2 Å². The van der Waals surface area contributed by atoms with Gasteiger partial charge in [0.25, 0.3) is 11.8 Å². The highest BCUT2D eigenvalue weighted by atomic mass is 16.5. The summed E-state index contributed by atoms with van der Waals surface area (Å²) in [7, 11) is 1.57. The fourth-order valence-electron chi connectivity index (χ4n) is 3.92. The highest BCUT2D eigenvalue weighted by Gasteiger charge is 2.35. The summed E-state index contributed by atoms with van der Waals surface area (Å²) >= 11 is 0. The molecule has 0 fully saturated rings. The van der Waals surface area contributed by atoms with Gasteiger partial charge in [-0.1, -0.05) is 31.2 Å². The summed E-state index contributed by atoms with van der Waals surface area (Å²) in [6.45, 7) is 4.58. The van der Waals surface area contributed by atoms with Crippen molar-refractivity contribution in [1.82, 2.24) is 15.1 Å². The van der Waals surface area contributed by atoms with E-state index in [0.717, 1.165) is 12.0 Å². The molecule has 3 rings (SSSR count). The molecule has 0 saturated heterocycles. The van der Waals surface area contributed by atoms with Crippen LogP contribution in [-0.2, 0) is 16.1 Å². The standard InChI is InChI=1S/C26H31N3O5/c1-4-14-27-24(31)18(2)29(17-19-9-7-10-20(16-19)34-3)23(30)13-8-15-28-25(32)21-11-5-6-12-22(21)26(28)33/h5-7,9-12,16,18H,4,8,13-15,17H2,1-3H3,(H,27,31)/t18-/m1/s1. The number of benzene rings is 2. The van der Waals surface area contributed by atoms with Crippen LogP contribution in [0.2, 0.25) is 0 Å². The van der Waals surface area contributed by atoms with E-state index in [2.05, 4.69) is 5.32 Å². The van der Waals surface area contributed by atoms with E-state index in [1.807, 2.05) is 31.2 Å². The fourth-order valence-corrected chi connectivity index (χ4v) is 3.92. The number of imide groups is 1. The first-order valence-electron chi connectivity index (χ1n) is 11.5. The second-order valence-corrected chi connectivity index (χ2v) is 8.25. The van der Waals surface area contributed by atoms with Crippen molar-refractivity contribution in [1.29, 1.82) is 0 Å². The SMILES string of the molecule is CCCNC(=O)[C@@H](C)N(Cc1cccc(OC)c1)C(=O)CCCN1C(=O)c2ccccc2C1=O. The van der Waals surface area contributed by atoms with Crippen molar-refractivity contribution >= 4 is 23.6 Å². The van der Waals surface area contributed by atoms with Crippen LogP contribution in [0.4, 0.5) is 0 Å². The number of hydrogen-bond acceptors (Lipinski definition) is 5. The molecule has 1 aliphatic rings. The van der Waals surface area contributed by atoms with E-state index in [1.165, 1.54) is 9.80 Å². The van der Waals surface area contributed by atoms with Gasteiger partial charge >= 0.3 is 0 Å². The second kappa shape index (κ2) is 11.4. The van der Waals surface area contributed by atoms with E-state index in [4.69, 9.17) is 4.74 Å². The summed E-state index contributed by atoms with van der Waals surface area (Å²) in [5, 5.41) is 2.84. The van der Waals surface area contributed by atoms with E-state index < -0.39 is 6.04 Å². The van der Waals surface area contributed by atoms with Crippen LogP contribution in [0.5, 0.6) is 5.75 Å². The van der Waals surface area contributed by atoms with Crippen LogP contribution >= 0.6 is 0 Å². The van der Waals surface area contributed by atoms with E-state index >= 15 is 0 Å². The van der Waals surface area contributed by atoms with Gasteiger partial charge in [0.1, 0.15) is 11.8 Å². The third-order valence-corrected chi connectivity index (χ3v) is 5.85. The van der Waals surface area contributed by atoms with Crippen LogP contribution in [0.25, 0.3) is 0 Å². The Bertz CT molecular complexity index is 1030. The number of carbonyl (C=O) groups is 4. The van der Waals surface area contributed by atoms with Crippen LogP contribution in [0.3, 0.4) is 0 Å². The lowest BCUT2D eigenvalue weighted by Crippen LogP contribution is -2.47. The Morgan fingerprint density at radius 3 is 2.35 bits per heavy atom. The van der Waals surface area contributed by atoms with Crippen molar-refractivity contribution in [2.45, 2.75) is 45.7 Å². The molecule has 180 valence electrons. The fraction of sp³-hybridized carbons (Fsp3) is 0.385. The molecule has 1 N–H and O–H groups in total. The zero-order chi connectivity index (χ0) is 24.7. The van der Waals surface area contributed by atoms with Crippen molar-refractivity contribution in [3.05, 3.63) is 65.2 Å². The zero-order valence-electron chi connectivity index (χ0n) is 19.9. The first-order chi connectivity index (χ1) is 16.4. The van der Waals surface area contributed by atoms with Gasteiger partial charge in [-0.3, -0.25) is 24.1 Å². The topological polar surface area (TPSA) is 96.0 Å². The average Bonchev–Trinajstić information content (AvgIpc) is 3.10. The van der Waals surface area contributed by atoms with Crippen molar-refractivity contribution in [3.8, 4) is 5.75 Å². The predicted octanol–water partition coefficient (Wildman–Crippen LogP) is 3.01. The molecule has 0 aliphatic carbocycles. The number of methoxy groups -OCH3 is 1. The lowest BCUT2D eigenvalue weighted by Gasteiger charge is -2.29. The predicted molar refractivity (Wildman–Crippen MR) is 127 cm³/mol. The number of hydrogen-bond donors (Lipinski definition) is 1. The Hall–Kier alpha value is -3.68. The van der Waals surface area contributed by atoms with Gasteiger partial charge in [-0.15, -0.1) is 0 Å². The molecular formula is C26H31N3O5. The summed E-state index contributed by atoms with van der Waals surface area (Å²) in [5.74, 6) is -0.460. The van der Waals surface area contributed by atoms with Crippen molar-refractivity contribution < 1.29 is 23.9 Å². The molecule has 0 aromatic heterocycles. The quantitative estimate of drug-likeness (QED) is 0.515. The highest BCUT2D eigenvalue weighted by Crippen LogP contribution is 2.23. The molecule has 2 aromatic carbocycles. The molecule has 0 unspecified atom stereocenters. The average molecular weight is 466 g/mol. The second-order valence-electron chi connectivity index (χ2n) is 8.25. The van der Waals surface area contributed by atoms with Gasteiger partial charge in [-0.25, -0.2) is 0 Å². The molecule has 0 saturated carbocycles. The van der Waals surface area contributed by atoms with Crippen LogP contribution in [0.15, 0.2) is 48.5 Å². The third-order valence-electron chi connectivity index (χ3n) is 5.85. The zero-order valence-corrected chi connectivity index (χ0v) is 19.9. The molecular weight excluding hydrogens is 434 g/mol. The van der Waals surface area contributed by atoms with Gasteiger partial charge in [-0.2, -0.15) is 0 Å². The van der Waals surface area contributed by atoms with Crippen LogP contribution in [0, 0.1) is 0 Å². The minimum absolute atomic E-state index is 0.1000. The van der Waals surface area contributed by atoms with E-state index in [-0.39, 0.29) is 43.1 Å². The first-order valence-corrected chi connectivity index (χ1v) is 11.5. The Morgan fingerprint density at radius 2 is 1.74 bits per heavy atom. The minimum atomic E-state index is -0.676. The van der Waals surface area contributed by atoms with Crippen LogP contribution in [-0.4, -0.2) is 59.7 Å². The van der Waals surface area contributed by atoms with Gasteiger partial charge in [0.15, 0.2) is 0 Å². The molecule has 8 heteroatoms. The molecule has 1 aliphatic heterocycles. The van der Waals surface area contributed by atoms with Gasteiger partial charge in [-0.05, 0) is 49.6 Å². The number of nitrogens with one attached hydrogen (secondary N) is 1. The molecule has 0 bridgehead atoms. The van der Waals surface area contributed by atoms with E-state index in [0.29, 0.717) is 29.8 Å². The highest BCUT2D eigenvalue weighted by molar-refractivity contribution is 6.21. The lowest BCUT2D eigenvalue weighted by molar-refractivity contribution is -0.140. The maximum absolute atomic E-state index is 13.2. The van der Waals surface area contributed by atoms with Gasteiger partial charge in [0.05, 0.1) is 18.2 Å². The molecule has 34 heavy (non-hydrogen) atoms. The summed E-state index contributed by atoms with van der Waals surface area (Å²) in [5.41, 5.74) is 1.61. The molecule has 2 aromatic rings. The van der Waals surface area contributed by atoms with Gasteiger partial charge < -0.3 is 15.0 Å². The maximum atomic E-state index is 13.2. The molecule has 1 heterocycles. The Morgan fingerprint density at radius 1 is 1.06 bits per heavy atom. The molecule has 0 radical (unpaired) electrons. The smallest absolute Gasteiger partial charge is 0.261 e. The van der Waals surface area contributed by atoms with Crippen LogP contribution < -0.4 is 10.1 Å². The molecule has 1 atom stereocenters. The van der Waals surface area contributed by atoms with E-state index in [1.54, 1.807) is 38.3 Å². The maximum Gasteiger partial charge on any atom is 0.261 e. The summed E-state index contributed by atoms with van der Waals surface area (Å²) in [4.78, 5) is 53.7. The number of ether oxygens (including phenoxy) is 1. The molecule has 8 nitrogen and oxygen atoms in total. The van der Waals surface area contributed by atoms with Gasteiger partial charge in [0, 0.05) is 26.1 Å². The molecule has 4 amide bonds. The minimum Gasteiger partial charge on any atom is -0.497 e. The third kappa shape index (κ3) is 5.62. The Balaban J connectivity index is 1.67. The number of carbonyl (C=O) groups excluding carboxylic acids is 4. The van der Waals surface area contributed by atoms with Crippen LogP contribution in [0.1, 0.15) is 59.4 Å². The van der Waals surface area contributed by atoms with Gasteiger partial charge in [0.2, 0.25) is 11.8 Å². The lowest BCUT2D eigenvalue weighted by atomic mass is 10.1. The number of rotatable bonds is 11. The van der Waals surface area contributed by atoms with Crippen molar-refractivity contribution in [2.24, 2.45) is 0 Å². The normalized spacial score (nSPS) is 13.4. The Labute approximate surface area is 199 Å². The number of amides is 4. The summed E-state index contributed by atoms with van der Waals surface area (Å²) in [6.07, 6.45) is 1.20. The Kier molecular flexibility index (Phi) is 8.40. The largest absolute Gasteiger partial charge is 0.497 e. The molecule has 0 spiro atoms. The number of fused-ring (bicyclic) bond motifs is 1. The van der Waals surface area contributed by atoms with Crippen molar-refractivity contribution in [2.75, 3.05) is 20.2 Å². The number of nitrogens with zero attached hydrogens (tertiary/aromatic N) is 2. The summed E-state index contributed by atoms with van der Waals surface area (Å²) < 4.78 is 5.27. The summed E-state index contributed by atoms with van der Waals surface area (Å²) in [6, 6.07) is 13.4. The monoisotopic (exact) mass is 465 g/mol. The van der Waals surface area contributed by atoms with Crippen molar-refractivity contribution in [3.63, 3.8) is 0 Å². The first kappa shape index (κ1) is 25.0.